The highest BCUT2D eigenvalue weighted by Crippen LogP contribution is 2.48. The maximum absolute atomic E-state index is 12.5. The molecule has 20 heavy (non-hydrogen) atoms. The fourth-order valence-corrected chi connectivity index (χ4v) is 4.22. The second-order valence-corrected chi connectivity index (χ2v) is 6.87. The van der Waals surface area contributed by atoms with Gasteiger partial charge in [-0.3, -0.25) is 4.79 Å². The van der Waals surface area contributed by atoms with Crippen LogP contribution in [0.25, 0.3) is 0 Å². The molecule has 1 heteroatoms. The maximum Gasteiger partial charge on any atom is 0.165 e. The van der Waals surface area contributed by atoms with Gasteiger partial charge in [-0.15, -0.1) is 0 Å². The van der Waals surface area contributed by atoms with E-state index in [4.69, 9.17) is 0 Å². The molecule has 2 rings (SSSR count). The molecule has 2 aliphatic carbocycles. The summed E-state index contributed by atoms with van der Waals surface area (Å²) in [6, 6.07) is 0. The van der Waals surface area contributed by atoms with Gasteiger partial charge in [0.2, 0.25) is 0 Å². The normalized spacial score (nSPS) is 37.4. The summed E-state index contributed by atoms with van der Waals surface area (Å²) in [5.74, 6) is 2.70. The van der Waals surface area contributed by atoms with Crippen LogP contribution in [0.5, 0.6) is 0 Å². The molecular weight excluding hydrogens is 244 g/mol. The van der Waals surface area contributed by atoms with E-state index >= 15 is 0 Å². The van der Waals surface area contributed by atoms with E-state index in [0.717, 1.165) is 5.92 Å². The molecule has 0 N–H and O–H groups in total. The highest BCUT2D eigenvalue weighted by Gasteiger charge is 2.42. The first-order chi connectivity index (χ1) is 9.45. The van der Waals surface area contributed by atoms with E-state index < -0.39 is 0 Å². The number of fused-ring (bicyclic) bond motifs is 1. The summed E-state index contributed by atoms with van der Waals surface area (Å²) in [4.78, 5) is 12.5. The van der Waals surface area contributed by atoms with Crippen molar-refractivity contribution in [3.63, 3.8) is 0 Å². The van der Waals surface area contributed by atoms with Crippen molar-refractivity contribution in [1.82, 2.24) is 0 Å². The number of hydrogen-bond donors (Lipinski definition) is 0. The van der Waals surface area contributed by atoms with Gasteiger partial charge in [0.05, 0.1) is 0 Å². The number of ketones is 1. The molecule has 0 heterocycles. The Bertz CT molecular complexity index is 454. The Balaban J connectivity index is 2.38. The smallest absolute Gasteiger partial charge is 0.165 e. The molecule has 0 aromatic rings. The van der Waals surface area contributed by atoms with Crippen LogP contribution in [-0.4, -0.2) is 5.78 Å². The van der Waals surface area contributed by atoms with Crippen molar-refractivity contribution >= 4 is 5.78 Å². The van der Waals surface area contributed by atoms with Crippen LogP contribution >= 0.6 is 0 Å². The zero-order valence-corrected chi connectivity index (χ0v) is 13.4. The summed E-state index contributed by atoms with van der Waals surface area (Å²) in [6.07, 6.45) is 10.5. The fraction of sp³-hybridized carbons (Fsp3) is 0.632. The molecular formula is C19H28O. The van der Waals surface area contributed by atoms with Crippen molar-refractivity contribution in [1.29, 1.82) is 0 Å². The van der Waals surface area contributed by atoms with Gasteiger partial charge in [-0.2, -0.15) is 0 Å². The molecule has 5 atom stereocenters. The predicted octanol–water partition coefficient (Wildman–Crippen LogP) is 4.95. The maximum atomic E-state index is 12.5. The van der Waals surface area contributed by atoms with Gasteiger partial charge in [0, 0.05) is 5.92 Å². The zero-order valence-electron chi connectivity index (χ0n) is 13.4. The summed E-state index contributed by atoms with van der Waals surface area (Å²) in [5, 5.41) is 0. The third-order valence-corrected chi connectivity index (χ3v) is 5.24. The second-order valence-electron chi connectivity index (χ2n) is 6.87. The largest absolute Gasteiger partial charge is 0.294 e. The quantitative estimate of drug-likeness (QED) is 0.524. The summed E-state index contributed by atoms with van der Waals surface area (Å²) in [7, 11) is 0. The van der Waals surface area contributed by atoms with E-state index in [1.807, 2.05) is 6.92 Å². The van der Waals surface area contributed by atoms with Crippen LogP contribution in [0, 0.1) is 29.6 Å². The van der Waals surface area contributed by atoms with Crippen LogP contribution < -0.4 is 0 Å². The summed E-state index contributed by atoms with van der Waals surface area (Å²) in [5.41, 5.74) is 2.12. The molecule has 2 aliphatic rings. The minimum Gasteiger partial charge on any atom is -0.294 e. The standard InChI is InChI=1S/C19H28O/c1-6-7-16-17-10-13(4)8-9-15(17)14(5)11-18(16)19(20)12(2)3/h6-7,11,13,15-18H,2,8-10H2,1,3-5H3/b7-6+. The van der Waals surface area contributed by atoms with Crippen LogP contribution in [0.1, 0.15) is 47.0 Å². The summed E-state index contributed by atoms with van der Waals surface area (Å²) < 4.78 is 0. The third kappa shape index (κ3) is 2.82. The van der Waals surface area contributed by atoms with Crippen LogP contribution in [0.3, 0.4) is 0 Å². The molecule has 1 saturated carbocycles. The minimum atomic E-state index is 0.00949. The van der Waals surface area contributed by atoms with Gasteiger partial charge in [0.25, 0.3) is 0 Å². The van der Waals surface area contributed by atoms with Gasteiger partial charge < -0.3 is 0 Å². The van der Waals surface area contributed by atoms with E-state index in [-0.39, 0.29) is 11.7 Å². The van der Waals surface area contributed by atoms with E-state index in [1.165, 1.54) is 24.8 Å². The summed E-state index contributed by atoms with van der Waals surface area (Å²) in [6.45, 7) is 12.3. The van der Waals surface area contributed by atoms with Crippen molar-refractivity contribution in [3.05, 3.63) is 36.0 Å². The monoisotopic (exact) mass is 272 g/mol. The number of carbonyl (C=O) groups excluding carboxylic acids is 1. The van der Waals surface area contributed by atoms with Crippen LogP contribution in [-0.2, 0) is 4.79 Å². The van der Waals surface area contributed by atoms with Gasteiger partial charge in [-0.25, -0.2) is 0 Å². The zero-order chi connectivity index (χ0) is 14.9. The van der Waals surface area contributed by atoms with E-state index in [2.05, 4.69) is 45.6 Å². The Kier molecular flexibility index (Phi) is 4.67. The van der Waals surface area contributed by atoms with E-state index in [1.54, 1.807) is 0 Å². The lowest BCUT2D eigenvalue weighted by Gasteiger charge is -2.45. The summed E-state index contributed by atoms with van der Waals surface area (Å²) >= 11 is 0. The van der Waals surface area contributed by atoms with Crippen LogP contribution in [0.4, 0.5) is 0 Å². The van der Waals surface area contributed by atoms with Crippen molar-refractivity contribution in [2.24, 2.45) is 29.6 Å². The Hall–Kier alpha value is -1.11. The molecule has 0 aromatic carbocycles. The Labute approximate surface area is 123 Å². The second kappa shape index (κ2) is 6.11. The first-order valence-corrected chi connectivity index (χ1v) is 7.96. The molecule has 0 bridgehead atoms. The van der Waals surface area contributed by atoms with Gasteiger partial charge in [0.1, 0.15) is 0 Å². The molecule has 1 fully saturated rings. The lowest BCUT2D eigenvalue weighted by molar-refractivity contribution is -0.120. The molecule has 0 amide bonds. The van der Waals surface area contributed by atoms with E-state index in [9.17, 15) is 4.79 Å². The number of Topliss-reactive ketones (excluding diaryl/α,β-unsaturated/α-hetero) is 1. The topological polar surface area (TPSA) is 17.1 Å². The molecule has 0 radical (unpaired) electrons. The van der Waals surface area contributed by atoms with Crippen molar-refractivity contribution in [2.75, 3.05) is 0 Å². The van der Waals surface area contributed by atoms with Crippen LogP contribution in [0.15, 0.2) is 36.0 Å². The van der Waals surface area contributed by atoms with Gasteiger partial charge in [-0.05, 0) is 62.9 Å². The average Bonchev–Trinajstić information content (AvgIpc) is 2.40. The lowest BCUT2D eigenvalue weighted by Crippen LogP contribution is -2.39. The lowest BCUT2D eigenvalue weighted by atomic mass is 9.59. The van der Waals surface area contributed by atoms with Crippen molar-refractivity contribution < 1.29 is 4.79 Å². The molecule has 0 aliphatic heterocycles. The van der Waals surface area contributed by atoms with Gasteiger partial charge in [-0.1, -0.05) is 43.7 Å². The van der Waals surface area contributed by atoms with Crippen LogP contribution in [0.2, 0.25) is 0 Å². The Morgan fingerprint density at radius 3 is 2.70 bits per heavy atom. The number of allylic oxidation sites excluding steroid dienone is 5. The fourth-order valence-electron chi connectivity index (χ4n) is 4.22. The molecule has 1 nitrogen and oxygen atoms in total. The molecule has 0 aromatic heterocycles. The average molecular weight is 272 g/mol. The van der Waals surface area contributed by atoms with Gasteiger partial charge in [0.15, 0.2) is 5.78 Å². The Morgan fingerprint density at radius 1 is 1.40 bits per heavy atom. The minimum absolute atomic E-state index is 0.00949. The Morgan fingerprint density at radius 2 is 2.10 bits per heavy atom. The number of rotatable bonds is 3. The first kappa shape index (κ1) is 15.3. The van der Waals surface area contributed by atoms with E-state index in [0.29, 0.717) is 23.3 Å². The first-order valence-electron chi connectivity index (χ1n) is 7.96. The highest BCUT2D eigenvalue weighted by molar-refractivity contribution is 5.97. The molecule has 110 valence electrons. The van der Waals surface area contributed by atoms with Gasteiger partial charge >= 0.3 is 0 Å². The number of hydrogen-bond acceptors (Lipinski definition) is 1. The third-order valence-electron chi connectivity index (χ3n) is 5.24. The molecule has 5 unspecified atom stereocenters. The number of carbonyl (C=O) groups is 1. The predicted molar refractivity (Wildman–Crippen MR) is 85.4 cm³/mol. The molecule has 0 spiro atoms. The van der Waals surface area contributed by atoms with Crippen molar-refractivity contribution in [3.8, 4) is 0 Å². The highest BCUT2D eigenvalue weighted by atomic mass is 16.1. The SMILES string of the molecule is C=C(C)C(=O)C1C=C(C)C2CCC(C)CC2C1/C=C/C. The van der Waals surface area contributed by atoms with Crippen molar-refractivity contribution in [2.45, 2.75) is 47.0 Å². The molecule has 0 saturated heterocycles.